The fourth-order valence-electron chi connectivity index (χ4n) is 2.61. The maximum absolute atomic E-state index is 12.1. The normalized spacial score (nSPS) is 19.7. The van der Waals surface area contributed by atoms with E-state index in [1.165, 1.54) is 0 Å². The number of nitrogens with one attached hydrogen (secondary N) is 1. The highest BCUT2D eigenvalue weighted by Gasteiger charge is 2.25. The van der Waals surface area contributed by atoms with E-state index < -0.39 is 0 Å². The van der Waals surface area contributed by atoms with Gasteiger partial charge in [-0.1, -0.05) is 0 Å². The van der Waals surface area contributed by atoms with Crippen LogP contribution in [0.25, 0.3) is 0 Å². The van der Waals surface area contributed by atoms with E-state index in [2.05, 4.69) is 5.32 Å². The molecule has 20 heavy (non-hydrogen) atoms. The first-order chi connectivity index (χ1) is 9.65. The van der Waals surface area contributed by atoms with Gasteiger partial charge in [-0.2, -0.15) is 0 Å². The molecule has 1 aliphatic rings. The summed E-state index contributed by atoms with van der Waals surface area (Å²) in [6, 6.07) is 3.93. The van der Waals surface area contributed by atoms with Gasteiger partial charge in [-0.3, -0.25) is 14.5 Å². The summed E-state index contributed by atoms with van der Waals surface area (Å²) in [5.41, 5.74) is 5.20. The number of hydrogen-bond acceptors (Lipinski definition) is 3. The summed E-state index contributed by atoms with van der Waals surface area (Å²) in [4.78, 5) is 25.0. The Morgan fingerprint density at radius 2 is 2.05 bits per heavy atom. The van der Waals surface area contributed by atoms with E-state index >= 15 is 0 Å². The molecule has 1 atom stereocenters. The van der Waals surface area contributed by atoms with Crippen molar-refractivity contribution in [2.45, 2.75) is 19.4 Å². The van der Waals surface area contributed by atoms with Gasteiger partial charge in [0.15, 0.2) is 0 Å². The Hall–Kier alpha value is -1.82. The van der Waals surface area contributed by atoms with Crippen LogP contribution < -0.4 is 11.1 Å². The highest BCUT2D eigenvalue weighted by molar-refractivity contribution is 5.79. The third-order valence-corrected chi connectivity index (χ3v) is 3.59. The number of primary amides is 1. The average molecular weight is 278 g/mol. The van der Waals surface area contributed by atoms with Crippen molar-refractivity contribution in [3.05, 3.63) is 24.5 Å². The molecular weight excluding hydrogens is 256 g/mol. The Labute approximate surface area is 118 Å². The molecular formula is C14H22N4O2. The van der Waals surface area contributed by atoms with Crippen LogP contribution in [-0.2, 0) is 16.1 Å². The molecule has 1 aromatic rings. The van der Waals surface area contributed by atoms with Gasteiger partial charge >= 0.3 is 0 Å². The Morgan fingerprint density at radius 3 is 2.75 bits per heavy atom. The second-order valence-electron chi connectivity index (χ2n) is 5.25. The van der Waals surface area contributed by atoms with Gasteiger partial charge in [0.25, 0.3) is 0 Å². The van der Waals surface area contributed by atoms with Crippen LogP contribution in [0.15, 0.2) is 24.5 Å². The van der Waals surface area contributed by atoms with Crippen LogP contribution in [0.5, 0.6) is 0 Å². The average Bonchev–Trinajstić information content (AvgIpc) is 2.91. The van der Waals surface area contributed by atoms with Crippen LogP contribution in [-0.4, -0.2) is 47.5 Å². The molecule has 1 saturated heterocycles. The standard InChI is InChI=1S/C14H22N4O2/c15-13(19)11-18-8-3-4-12(10-18)14(20)16-5-9-17-6-1-2-7-17/h1-2,6-7,12H,3-5,8-11H2,(H2,15,19)(H,16,20). The summed E-state index contributed by atoms with van der Waals surface area (Å²) in [7, 11) is 0. The minimum absolute atomic E-state index is 0.0345. The minimum Gasteiger partial charge on any atom is -0.369 e. The molecule has 1 unspecified atom stereocenters. The largest absolute Gasteiger partial charge is 0.369 e. The molecule has 0 bridgehead atoms. The number of amides is 2. The molecule has 3 N–H and O–H groups in total. The monoisotopic (exact) mass is 278 g/mol. The van der Waals surface area contributed by atoms with Crippen molar-refractivity contribution in [2.24, 2.45) is 11.7 Å². The number of carbonyl (C=O) groups excluding carboxylic acids is 2. The minimum atomic E-state index is -0.335. The summed E-state index contributed by atoms with van der Waals surface area (Å²) in [5, 5.41) is 2.96. The third-order valence-electron chi connectivity index (χ3n) is 3.59. The number of rotatable bonds is 6. The molecule has 1 fully saturated rings. The first-order valence-electron chi connectivity index (χ1n) is 7.04. The second-order valence-corrected chi connectivity index (χ2v) is 5.25. The predicted molar refractivity (Wildman–Crippen MR) is 75.8 cm³/mol. The number of likely N-dealkylation sites (tertiary alicyclic amines) is 1. The lowest BCUT2D eigenvalue weighted by molar-refractivity contribution is -0.128. The van der Waals surface area contributed by atoms with E-state index in [-0.39, 0.29) is 24.3 Å². The molecule has 0 spiro atoms. The summed E-state index contributed by atoms with van der Waals surface area (Å²) in [6.45, 7) is 3.11. The van der Waals surface area contributed by atoms with Crippen molar-refractivity contribution in [3.8, 4) is 0 Å². The van der Waals surface area contributed by atoms with Gasteiger partial charge in [-0.25, -0.2) is 0 Å². The first-order valence-corrected chi connectivity index (χ1v) is 7.04. The molecule has 110 valence electrons. The topological polar surface area (TPSA) is 80.4 Å². The summed E-state index contributed by atoms with van der Waals surface area (Å²) >= 11 is 0. The second kappa shape index (κ2) is 7.09. The van der Waals surface area contributed by atoms with Gasteiger partial charge in [0.1, 0.15) is 0 Å². The van der Waals surface area contributed by atoms with Gasteiger partial charge in [0, 0.05) is 32.0 Å². The van der Waals surface area contributed by atoms with Crippen molar-refractivity contribution in [1.82, 2.24) is 14.8 Å². The molecule has 2 heterocycles. The van der Waals surface area contributed by atoms with Crippen molar-refractivity contribution >= 4 is 11.8 Å². The highest BCUT2D eigenvalue weighted by atomic mass is 16.2. The van der Waals surface area contributed by atoms with Crippen LogP contribution in [0.1, 0.15) is 12.8 Å². The van der Waals surface area contributed by atoms with Crippen LogP contribution >= 0.6 is 0 Å². The van der Waals surface area contributed by atoms with Gasteiger partial charge in [0.2, 0.25) is 11.8 Å². The maximum Gasteiger partial charge on any atom is 0.231 e. The molecule has 0 radical (unpaired) electrons. The summed E-state index contributed by atoms with van der Waals surface area (Å²) in [5.74, 6) is -0.294. The molecule has 0 saturated carbocycles. The molecule has 2 amide bonds. The molecule has 0 aliphatic carbocycles. The zero-order chi connectivity index (χ0) is 14.4. The van der Waals surface area contributed by atoms with E-state index in [1.54, 1.807) is 0 Å². The van der Waals surface area contributed by atoms with E-state index in [4.69, 9.17) is 5.73 Å². The first kappa shape index (κ1) is 14.6. The Balaban J connectivity index is 1.72. The van der Waals surface area contributed by atoms with Crippen LogP contribution in [0.4, 0.5) is 0 Å². The lowest BCUT2D eigenvalue weighted by Gasteiger charge is -2.30. The molecule has 6 nitrogen and oxygen atoms in total. The molecule has 6 heteroatoms. The van der Waals surface area contributed by atoms with E-state index in [0.717, 1.165) is 25.9 Å². The fraction of sp³-hybridized carbons (Fsp3) is 0.571. The Morgan fingerprint density at radius 1 is 1.30 bits per heavy atom. The predicted octanol–water partition coefficient (Wildman–Crippen LogP) is -0.198. The molecule has 2 rings (SSSR count). The van der Waals surface area contributed by atoms with Crippen molar-refractivity contribution in [1.29, 1.82) is 0 Å². The number of piperidine rings is 1. The van der Waals surface area contributed by atoms with Crippen molar-refractivity contribution in [2.75, 3.05) is 26.2 Å². The van der Waals surface area contributed by atoms with E-state index in [0.29, 0.717) is 13.1 Å². The summed E-state index contributed by atoms with van der Waals surface area (Å²) < 4.78 is 2.03. The smallest absolute Gasteiger partial charge is 0.231 e. The SMILES string of the molecule is NC(=O)CN1CCCC(C(=O)NCCn2cccc2)C1. The number of carbonyl (C=O) groups is 2. The lowest BCUT2D eigenvalue weighted by atomic mass is 9.97. The number of nitrogens with two attached hydrogens (primary N) is 1. The van der Waals surface area contributed by atoms with Crippen LogP contribution in [0, 0.1) is 5.92 Å². The molecule has 0 aromatic carbocycles. The zero-order valence-electron chi connectivity index (χ0n) is 11.6. The van der Waals surface area contributed by atoms with Crippen LogP contribution in [0.3, 0.4) is 0 Å². The van der Waals surface area contributed by atoms with E-state index in [1.807, 2.05) is 34.0 Å². The quantitative estimate of drug-likeness (QED) is 0.756. The highest BCUT2D eigenvalue weighted by Crippen LogP contribution is 2.16. The van der Waals surface area contributed by atoms with Gasteiger partial charge < -0.3 is 15.6 Å². The van der Waals surface area contributed by atoms with Gasteiger partial charge in [0.05, 0.1) is 12.5 Å². The van der Waals surface area contributed by atoms with E-state index in [9.17, 15) is 9.59 Å². The number of aromatic nitrogens is 1. The van der Waals surface area contributed by atoms with Crippen molar-refractivity contribution < 1.29 is 9.59 Å². The number of hydrogen-bond donors (Lipinski definition) is 2. The fourth-order valence-corrected chi connectivity index (χ4v) is 2.61. The van der Waals surface area contributed by atoms with Crippen LogP contribution in [0.2, 0.25) is 0 Å². The Bertz CT molecular complexity index is 444. The maximum atomic E-state index is 12.1. The lowest BCUT2D eigenvalue weighted by Crippen LogP contribution is -2.46. The van der Waals surface area contributed by atoms with Gasteiger partial charge in [-0.05, 0) is 31.5 Å². The Kier molecular flexibility index (Phi) is 5.17. The van der Waals surface area contributed by atoms with Gasteiger partial charge in [-0.15, -0.1) is 0 Å². The molecule has 1 aromatic heterocycles. The van der Waals surface area contributed by atoms with Crippen molar-refractivity contribution in [3.63, 3.8) is 0 Å². The zero-order valence-corrected chi connectivity index (χ0v) is 11.6. The number of nitrogens with zero attached hydrogens (tertiary/aromatic N) is 2. The summed E-state index contributed by atoms with van der Waals surface area (Å²) in [6.07, 6.45) is 5.76. The molecule has 1 aliphatic heterocycles. The third kappa shape index (κ3) is 4.38.